The lowest BCUT2D eigenvalue weighted by molar-refractivity contribution is 0.0956. The molecule has 0 fully saturated rings. The third-order valence-corrected chi connectivity index (χ3v) is 4.22. The van der Waals surface area contributed by atoms with Gasteiger partial charge in [-0.05, 0) is 24.3 Å². The fourth-order valence-corrected chi connectivity index (χ4v) is 2.97. The third-order valence-electron chi connectivity index (χ3n) is 2.88. The molecule has 0 radical (unpaired) electrons. The van der Waals surface area contributed by atoms with Gasteiger partial charge in [0.15, 0.2) is 0 Å². The van der Waals surface area contributed by atoms with Gasteiger partial charge in [0.1, 0.15) is 5.82 Å². The van der Waals surface area contributed by atoms with Crippen LogP contribution in [0.15, 0.2) is 48.5 Å². The highest BCUT2D eigenvalue weighted by molar-refractivity contribution is 7.98. The molecule has 0 bridgehead atoms. The molecule has 2 aromatic carbocycles. The molecule has 0 aliphatic carbocycles. The number of rotatable bonds is 6. The summed E-state index contributed by atoms with van der Waals surface area (Å²) in [5, 5.41) is 3.27. The van der Waals surface area contributed by atoms with Crippen LogP contribution in [0.2, 0.25) is 5.02 Å². The van der Waals surface area contributed by atoms with Crippen LogP contribution in [-0.2, 0) is 5.75 Å². The summed E-state index contributed by atoms with van der Waals surface area (Å²) in [5.41, 5.74) is 1.15. The van der Waals surface area contributed by atoms with Gasteiger partial charge in [-0.2, -0.15) is 11.8 Å². The highest BCUT2D eigenvalue weighted by Gasteiger charge is 2.07. The summed E-state index contributed by atoms with van der Waals surface area (Å²) >= 11 is 7.48. The van der Waals surface area contributed by atoms with Crippen molar-refractivity contribution in [2.75, 3.05) is 12.3 Å². The average molecular weight is 324 g/mol. The lowest BCUT2D eigenvalue weighted by Crippen LogP contribution is -2.25. The minimum atomic E-state index is -0.289. The molecule has 0 aliphatic heterocycles. The lowest BCUT2D eigenvalue weighted by atomic mass is 10.2. The monoisotopic (exact) mass is 323 g/mol. The van der Waals surface area contributed by atoms with Gasteiger partial charge < -0.3 is 5.32 Å². The molecule has 0 spiro atoms. The normalized spacial score (nSPS) is 10.4. The molecule has 21 heavy (non-hydrogen) atoms. The van der Waals surface area contributed by atoms with E-state index in [1.54, 1.807) is 24.3 Å². The van der Waals surface area contributed by atoms with Crippen molar-refractivity contribution >= 4 is 29.3 Å². The molecule has 0 heterocycles. The first-order valence-corrected chi connectivity index (χ1v) is 8.05. The number of nitrogens with one attached hydrogen (secondary N) is 1. The van der Waals surface area contributed by atoms with Crippen molar-refractivity contribution in [3.63, 3.8) is 0 Å². The van der Waals surface area contributed by atoms with Crippen molar-refractivity contribution in [2.24, 2.45) is 0 Å². The van der Waals surface area contributed by atoms with E-state index in [0.717, 1.165) is 0 Å². The molecule has 2 rings (SSSR count). The third kappa shape index (κ3) is 4.76. The maximum Gasteiger partial charge on any atom is 0.251 e. The van der Waals surface area contributed by atoms with Crippen LogP contribution in [0.1, 0.15) is 15.9 Å². The fourth-order valence-electron chi connectivity index (χ4n) is 1.77. The molecule has 2 nitrogen and oxygen atoms in total. The molecule has 110 valence electrons. The summed E-state index contributed by atoms with van der Waals surface area (Å²) in [6.07, 6.45) is 0. The van der Waals surface area contributed by atoms with E-state index in [1.807, 2.05) is 18.2 Å². The fraction of sp³-hybridized carbons (Fsp3) is 0.188. The van der Waals surface area contributed by atoms with Crippen LogP contribution in [0, 0.1) is 5.82 Å². The van der Waals surface area contributed by atoms with E-state index in [2.05, 4.69) is 5.32 Å². The summed E-state index contributed by atoms with van der Waals surface area (Å²) in [5.74, 6) is 0.805. The number of halogens is 2. The first-order chi connectivity index (χ1) is 10.2. The Morgan fingerprint density at radius 2 is 1.90 bits per heavy atom. The Hall–Kier alpha value is -1.52. The van der Waals surface area contributed by atoms with Crippen LogP contribution < -0.4 is 5.32 Å². The summed E-state index contributed by atoms with van der Waals surface area (Å²) in [6, 6.07) is 13.7. The molecule has 0 aromatic heterocycles. The number of thioether (sulfide) groups is 1. The van der Waals surface area contributed by atoms with Crippen molar-refractivity contribution in [3.05, 3.63) is 70.5 Å². The van der Waals surface area contributed by atoms with Crippen molar-refractivity contribution < 1.29 is 9.18 Å². The lowest BCUT2D eigenvalue weighted by Gasteiger charge is -2.07. The molecule has 1 N–H and O–H groups in total. The Balaban J connectivity index is 1.72. The molecule has 0 aliphatic rings. The highest BCUT2D eigenvalue weighted by Crippen LogP contribution is 2.23. The zero-order valence-corrected chi connectivity index (χ0v) is 12.9. The molecule has 0 saturated heterocycles. The van der Waals surface area contributed by atoms with Crippen LogP contribution in [0.25, 0.3) is 0 Å². The smallest absolute Gasteiger partial charge is 0.251 e. The van der Waals surface area contributed by atoms with Crippen LogP contribution in [0.4, 0.5) is 4.39 Å². The van der Waals surface area contributed by atoms with E-state index < -0.39 is 0 Å². The predicted octanol–water partition coefficient (Wildman–Crippen LogP) is 4.14. The Morgan fingerprint density at radius 1 is 1.14 bits per heavy atom. The van der Waals surface area contributed by atoms with Gasteiger partial charge >= 0.3 is 0 Å². The van der Waals surface area contributed by atoms with Crippen LogP contribution >= 0.6 is 23.4 Å². The van der Waals surface area contributed by atoms with Gasteiger partial charge in [-0.3, -0.25) is 4.79 Å². The summed E-state index contributed by atoms with van der Waals surface area (Å²) in [7, 11) is 0. The van der Waals surface area contributed by atoms with E-state index >= 15 is 0 Å². The second-order valence-corrected chi connectivity index (χ2v) is 5.89. The van der Waals surface area contributed by atoms with E-state index in [-0.39, 0.29) is 11.7 Å². The van der Waals surface area contributed by atoms with Gasteiger partial charge in [0.25, 0.3) is 5.91 Å². The average Bonchev–Trinajstić information content (AvgIpc) is 2.50. The van der Waals surface area contributed by atoms with Gasteiger partial charge in [0, 0.05) is 34.2 Å². The first kappa shape index (κ1) is 15.9. The van der Waals surface area contributed by atoms with Crippen molar-refractivity contribution in [2.45, 2.75) is 5.75 Å². The molecule has 1 amide bonds. The predicted molar refractivity (Wildman–Crippen MR) is 86.3 cm³/mol. The second kappa shape index (κ2) is 8.05. The van der Waals surface area contributed by atoms with Gasteiger partial charge in [0.05, 0.1) is 0 Å². The molecule has 0 unspecified atom stereocenters. The van der Waals surface area contributed by atoms with E-state index in [1.165, 1.54) is 17.8 Å². The van der Waals surface area contributed by atoms with Gasteiger partial charge in [-0.1, -0.05) is 35.9 Å². The van der Waals surface area contributed by atoms with E-state index in [9.17, 15) is 9.18 Å². The Labute approximate surface area is 132 Å². The Kier molecular flexibility index (Phi) is 6.08. The van der Waals surface area contributed by atoms with Crippen molar-refractivity contribution in [1.29, 1.82) is 0 Å². The minimum absolute atomic E-state index is 0.0971. The zero-order valence-electron chi connectivity index (χ0n) is 11.3. The van der Waals surface area contributed by atoms with Crippen LogP contribution in [-0.4, -0.2) is 18.2 Å². The number of carbonyl (C=O) groups excluding carboxylic acids is 1. The van der Waals surface area contributed by atoms with Crippen molar-refractivity contribution in [1.82, 2.24) is 5.32 Å². The minimum Gasteiger partial charge on any atom is -0.351 e. The zero-order chi connectivity index (χ0) is 15.1. The number of hydrogen-bond acceptors (Lipinski definition) is 2. The second-order valence-electron chi connectivity index (χ2n) is 4.37. The molecule has 0 saturated carbocycles. The number of amides is 1. The molecule has 5 heteroatoms. The van der Waals surface area contributed by atoms with Crippen LogP contribution in [0.3, 0.4) is 0 Å². The molecule has 0 atom stereocenters. The molecular weight excluding hydrogens is 309 g/mol. The topological polar surface area (TPSA) is 29.1 Å². The van der Waals surface area contributed by atoms with Gasteiger partial charge in [-0.15, -0.1) is 0 Å². The Morgan fingerprint density at radius 3 is 2.62 bits per heavy atom. The number of carbonyl (C=O) groups is 1. The number of hydrogen-bond donors (Lipinski definition) is 1. The van der Waals surface area contributed by atoms with Gasteiger partial charge in [-0.25, -0.2) is 4.39 Å². The highest BCUT2D eigenvalue weighted by atomic mass is 35.5. The van der Waals surface area contributed by atoms with Crippen LogP contribution in [0.5, 0.6) is 0 Å². The Bertz CT molecular complexity index is 586. The maximum atomic E-state index is 13.5. The SMILES string of the molecule is O=C(NCCSCc1c(F)cccc1Cl)c1ccccc1. The first-order valence-electron chi connectivity index (χ1n) is 6.52. The standard InChI is InChI=1S/C16H15ClFNOS/c17-14-7-4-8-15(18)13(14)11-21-10-9-19-16(20)12-5-2-1-3-6-12/h1-8H,9-11H2,(H,19,20). The summed E-state index contributed by atoms with van der Waals surface area (Å²) in [4.78, 5) is 11.8. The van der Waals surface area contributed by atoms with E-state index in [0.29, 0.717) is 34.2 Å². The largest absolute Gasteiger partial charge is 0.351 e. The summed E-state index contributed by atoms with van der Waals surface area (Å²) < 4.78 is 13.5. The molecule has 2 aromatic rings. The van der Waals surface area contributed by atoms with Gasteiger partial charge in [0.2, 0.25) is 0 Å². The maximum absolute atomic E-state index is 13.5. The quantitative estimate of drug-likeness (QED) is 0.809. The van der Waals surface area contributed by atoms with E-state index in [4.69, 9.17) is 11.6 Å². The van der Waals surface area contributed by atoms with Crippen molar-refractivity contribution in [3.8, 4) is 0 Å². The number of benzene rings is 2. The molecular formula is C16H15ClFNOS. The summed E-state index contributed by atoms with van der Waals surface area (Å²) in [6.45, 7) is 0.532.